The summed E-state index contributed by atoms with van der Waals surface area (Å²) in [5.41, 5.74) is 3.15. The zero-order valence-electron chi connectivity index (χ0n) is 21.7. The van der Waals surface area contributed by atoms with Gasteiger partial charge in [0, 0.05) is 31.9 Å². The second-order valence-corrected chi connectivity index (χ2v) is 9.56. The molecule has 6 heteroatoms. The van der Waals surface area contributed by atoms with Crippen LogP contribution in [0.3, 0.4) is 0 Å². The smallest absolute Gasteiger partial charge is 0.295 e. The van der Waals surface area contributed by atoms with Gasteiger partial charge in [-0.2, -0.15) is 0 Å². The molecule has 38 heavy (non-hydrogen) atoms. The van der Waals surface area contributed by atoms with E-state index in [9.17, 15) is 14.7 Å². The zero-order chi connectivity index (χ0) is 26.8. The fourth-order valence-electron chi connectivity index (χ4n) is 4.93. The van der Waals surface area contributed by atoms with Crippen LogP contribution in [-0.2, 0) is 16.1 Å². The van der Waals surface area contributed by atoms with Gasteiger partial charge in [0.2, 0.25) is 0 Å². The normalized spacial score (nSPS) is 16.7. The molecule has 1 aliphatic heterocycles. The molecule has 1 aliphatic rings. The first kappa shape index (κ1) is 25.1. The molecule has 4 aromatic rings. The molecule has 0 radical (unpaired) electrons. The van der Waals surface area contributed by atoms with E-state index in [2.05, 4.69) is 0 Å². The number of rotatable bonds is 7. The van der Waals surface area contributed by atoms with Gasteiger partial charge in [-0.15, -0.1) is 0 Å². The minimum atomic E-state index is -0.742. The van der Waals surface area contributed by atoms with Gasteiger partial charge < -0.3 is 19.6 Å². The molecule has 1 atom stereocenters. The van der Waals surface area contributed by atoms with Gasteiger partial charge in [0.1, 0.15) is 11.5 Å². The predicted molar refractivity (Wildman–Crippen MR) is 150 cm³/mol. The van der Waals surface area contributed by atoms with Crippen LogP contribution in [0.15, 0.2) is 96.6 Å². The lowest BCUT2D eigenvalue weighted by Crippen LogP contribution is -2.29. The van der Waals surface area contributed by atoms with Crippen LogP contribution in [0.2, 0.25) is 0 Å². The quantitative estimate of drug-likeness (QED) is 0.191. The molecule has 6 nitrogen and oxygen atoms in total. The van der Waals surface area contributed by atoms with Crippen LogP contribution in [-0.4, -0.2) is 42.4 Å². The Labute approximate surface area is 222 Å². The van der Waals surface area contributed by atoms with Crippen molar-refractivity contribution in [3.05, 3.63) is 113 Å². The van der Waals surface area contributed by atoms with Crippen molar-refractivity contribution in [1.82, 2.24) is 4.90 Å². The minimum absolute atomic E-state index is 0.0869. The third kappa shape index (κ3) is 4.73. The molecule has 1 amide bonds. The summed E-state index contributed by atoms with van der Waals surface area (Å²) < 4.78 is 5.63. The summed E-state index contributed by atoms with van der Waals surface area (Å²) in [6.45, 7) is 2.63. The number of Topliss-reactive ketones (excluding diaryl/α,β-unsaturated/α-hetero) is 1. The summed E-state index contributed by atoms with van der Waals surface area (Å²) >= 11 is 0. The lowest BCUT2D eigenvalue weighted by atomic mass is 9.94. The molecule has 0 spiro atoms. The van der Waals surface area contributed by atoms with Crippen molar-refractivity contribution in [2.45, 2.75) is 19.5 Å². The Morgan fingerprint density at radius 3 is 2.34 bits per heavy atom. The molecule has 1 unspecified atom stereocenters. The van der Waals surface area contributed by atoms with Crippen LogP contribution in [0.4, 0.5) is 5.69 Å². The summed E-state index contributed by atoms with van der Waals surface area (Å²) in [5, 5.41) is 13.5. The van der Waals surface area contributed by atoms with Crippen LogP contribution in [0.5, 0.6) is 5.75 Å². The van der Waals surface area contributed by atoms with Crippen LogP contribution in [0, 0.1) is 0 Å². The molecule has 1 fully saturated rings. The SMILES string of the molecule is CCOc1cccc(CN2C(=O)C(=O)/C(=C(\O)c3ccc4ccccc4c3)C2c2ccc(N(C)C)cc2)c1. The van der Waals surface area contributed by atoms with Gasteiger partial charge in [0.05, 0.1) is 18.2 Å². The Bertz CT molecular complexity index is 1540. The first-order valence-corrected chi connectivity index (χ1v) is 12.6. The second kappa shape index (κ2) is 10.4. The number of aliphatic hydroxyl groups excluding tert-OH is 1. The second-order valence-electron chi connectivity index (χ2n) is 9.56. The van der Waals surface area contributed by atoms with E-state index >= 15 is 0 Å². The van der Waals surface area contributed by atoms with E-state index in [4.69, 9.17) is 4.74 Å². The average molecular weight is 507 g/mol. The van der Waals surface area contributed by atoms with Crippen molar-refractivity contribution >= 4 is 33.9 Å². The fraction of sp³-hybridized carbons (Fsp3) is 0.188. The van der Waals surface area contributed by atoms with Gasteiger partial charge in [-0.3, -0.25) is 9.59 Å². The van der Waals surface area contributed by atoms with E-state index in [1.807, 2.05) is 111 Å². The third-order valence-corrected chi connectivity index (χ3v) is 6.85. The lowest BCUT2D eigenvalue weighted by molar-refractivity contribution is -0.140. The van der Waals surface area contributed by atoms with Gasteiger partial charge in [-0.05, 0) is 59.2 Å². The topological polar surface area (TPSA) is 70.1 Å². The van der Waals surface area contributed by atoms with Crippen LogP contribution >= 0.6 is 0 Å². The molecular weight excluding hydrogens is 476 g/mol. The first-order chi connectivity index (χ1) is 18.4. The maximum absolute atomic E-state index is 13.5. The summed E-state index contributed by atoms with van der Waals surface area (Å²) in [6, 6.07) is 27.8. The van der Waals surface area contributed by atoms with Gasteiger partial charge >= 0.3 is 0 Å². The van der Waals surface area contributed by atoms with Crippen molar-refractivity contribution < 1.29 is 19.4 Å². The number of fused-ring (bicyclic) bond motifs is 1. The van der Waals surface area contributed by atoms with Crippen LogP contribution in [0.25, 0.3) is 16.5 Å². The Morgan fingerprint density at radius 1 is 0.895 bits per heavy atom. The molecule has 1 heterocycles. The van der Waals surface area contributed by atoms with Crippen molar-refractivity contribution in [2.24, 2.45) is 0 Å². The molecule has 0 aromatic heterocycles. The molecular formula is C32H30N2O4. The van der Waals surface area contributed by atoms with E-state index in [-0.39, 0.29) is 17.9 Å². The molecule has 0 saturated carbocycles. The van der Waals surface area contributed by atoms with Crippen molar-refractivity contribution in [3.8, 4) is 5.75 Å². The summed E-state index contributed by atoms with van der Waals surface area (Å²) in [6.07, 6.45) is 0. The maximum Gasteiger partial charge on any atom is 0.295 e. The van der Waals surface area contributed by atoms with Gasteiger partial charge in [0.15, 0.2) is 0 Å². The molecule has 4 aromatic carbocycles. The predicted octanol–water partition coefficient (Wildman–Crippen LogP) is 5.93. The monoisotopic (exact) mass is 506 g/mol. The molecule has 192 valence electrons. The highest BCUT2D eigenvalue weighted by Crippen LogP contribution is 2.41. The van der Waals surface area contributed by atoms with Gasteiger partial charge in [-0.1, -0.05) is 60.7 Å². The molecule has 0 bridgehead atoms. The van der Waals surface area contributed by atoms with E-state index < -0.39 is 17.7 Å². The Hall–Kier alpha value is -4.58. The molecule has 1 N–H and O–H groups in total. The lowest BCUT2D eigenvalue weighted by Gasteiger charge is -2.26. The van der Waals surface area contributed by atoms with E-state index in [0.29, 0.717) is 17.9 Å². The first-order valence-electron chi connectivity index (χ1n) is 12.6. The number of amides is 1. The highest BCUT2D eigenvalue weighted by atomic mass is 16.5. The number of anilines is 1. The van der Waals surface area contributed by atoms with Crippen molar-refractivity contribution in [1.29, 1.82) is 0 Å². The average Bonchev–Trinajstić information content (AvgIpc) is 3.17. The Balaban J connectivity index is 1.63. The standard InChI is InChI=1S/C32H30N2O4/c1-4-38-27-11-7-8-21(18-27)20-34-29(23-14-16-26(17-15-23)33(2)3)28(31(36)32(34)37)30(35)25-13-12-22-9-5-6-10-24(22)19-25/h5-19,29,35H,4,20H2,1-3H3/b30-28-. The highest BCUT2D eigenvalue weighted by Gasteiger charge is 2.46. The van der Waals surface area contributed by atoms with Gasteiger partial charge in [0.25, 0.3) is 11.7 Å². The maximum atomic E-state index is 13.5. The van der Waals surface area contributed by atoms with Crippen molar-refractivity contribution in [2.75, 3.05) is 25.6 Å². The Kier molecular flexibility index (Phi) is 6.88. The number of likely N-dealkylation sites (tertiary alicyclic amines) is 1. The number of hydrogen-bond acceptors (Lipinski definition) is 5. The highest BCUT2D eigenvalue weighted by molar-refractivity contribution is 6.46. The van der Waals surface area contributed by atoms with E-state index in [1.54, 1.807) is 6.07 Å². The largest absolute Gasteiger partial charge is 0.507 e. The van der Waals surface area contributed by atoms with Crippen LogP contribution < -0.4 is 9.64 Å². The number of aliphatic hydroxyl groups is 1. The zero-order valence-corrected chi connectivity index (χ0v) is 21.7. The number of ketones is 1. The number of ether oxygens (including phenoxy) is 1. The number of carbonyl (C=O) groups excluding carboxylic acids is 2. The van der Waals surface area contributed by atoms with E-state index in [0.717, 1.165) is 27.6 Å². The third-order valence-electron chi connectivity index (χ3n) is 6.85. The van der Waals surface area contributed by atoms with E-state index in [1.165, 1.54) is 4.90 Å². The Morgan fingerprint density at radius 2 is 1.63 bits per heavy atom. The minimum Gasteiger partial charge on any atom is -0.507 e. The summed E-state index contributed by atoms with van der Waals surface area (Å²) in [5.74, 6) is -0.819. The number of carbonyl (C=O) groups is 2. The van der Waals surface area contributed by atoms with Crippen molar-refractivity contribution in [3.63, 3.8) is 0 Å². The fourth-order valence-corrected chi connectivity index (χ4v) is 4.93. The van der Waals surface area contributed by atoms with Crippen LogP contribution in [0.1, 0.15) is 29.7 Å². The van der Waals surface area contributed by atoms with Gasteiger partial charge in [-0.25, -0.2) is 0 Å². The summed E-state index contributed by atoms with van der Waals surface area (Å²) in [7, 11) is 3.90. The molecule has 0 aliphatic carbocycles. The number of nitrogens with zero attached hydrogens (tertiary/aromatic N) is 2. The number of benzene rings is 4. The molecule has 5 rings (SSSR count). The molecule has 1 saturated heterocycles. The number of hydrogen-bond donors (Lipinski definition) is 1. The summed E-state index contributed by atoms with van der Waals surface area (Å²) in [4.78, 5) is 30.4.